The quantitative estimate of drug-likeness (QED) is 0.883. The van der Waals surface area contributed by atoms with Crippen LogP contribution in [0.3, 0.4) is 0 Å². The van der Waals surface area contributed by atoms with Crippen LogP contribution in [0.2, 0.25) is 0 Å². The van der Waals surface area contributed by atoms with Gasteiger partial charge in [0, 0.05) is 11.6 Å². The summed E-state index contributed by atoms with van der Waals surface area (Å²) in [6.07, 6.45) is 5.15. The van der Waals surface area contributed by atoms with Crippen LogP contribution in [-0.4, -0.2) is 11.2 Å². The van der Waals surface area contributed by atoms with Gasteiger partial charge in [-0.3, -0.25) is 0 Å². The van der Waals surface area contributed by atoms with Crippen molar-refractivity contribution in [2.45, 2.75) is 58.2 Å². The predicted molar refractivity (Wildman–Crippen MR) is 73.7 cm³/mol. The van der Waals surface area contributed by atoms with Crippen LogP contribution in [-0.2, 0) is 0 Å². The summed E-state index contributed by atoms with van der Waals surface area (Å²) in [5.41, 5.74) is 0.666. The Bertz CT molecular complexity index is 409. The monoisotopic (exact) mass is 266 g/mol. The molecule has 3 heteroatoms. The number of ether oxygens (including phenoxy) is 1. The molecule has 2 rings (SSSR count). The van der Waals surface area contributed by atoms with Crippen molar-refractivity contribution in [2.24, 2.45) is 5.92 Å². The molecule has 2 nitrogen and oxygen atoms in total. The third kappa shape index (κ3) is 3.69. The molecule has 0 aliphatic heterocycles. The van der Waals surface area contributed by atoms with Crippen molar-refractivity contribution >= 4 is 0 Å². The molecule has 1 N–H and O–H groups in total. The molecule has 1 aromatic rings. The van der Waals surface area contributed by atoms with Crippen molar-refractivity contribution < 1.29 is 14.2 Å². The van der Waals surface area contributed by atoms with Crippen LogP contribution < -0.4 is 4.74 Å². The number of hydrogen-bond acceptors (Lipinski definition) is 2. The zero-order chi connectivity index (χ0) is 13.8. The summed E-state index contributed by atoms with van der Waals surface area (Å²) in [6, 6.07) is 4.35. The minimum Gasteiger partial charge on any atom is -0.490 e. The lowest BCUT2D eigenvalue weighted by Crippen LogP contribution is -2.24. The number of halogens is 1. The van der Waals surface area contributed by atoms with Gasteiger partial charge >= 0.3 is 0 Å². The van der Waals surface area contributed by atoms with Gasteiger partial charge in [-0.1, -0.05) is 13.3 Å². The first-order valence-electron chi connectivity index (χ1n) is 7.24. The van der Waals surface area contributed by atoms with Gasteiger partial charge in [-0.25, -0.2) is 4.39 Å². The summed E-state index contributed by atoms with van der Waals surface area (Å²) in [6.45, 7) is 3.90. The Morgan fingerprint density at radius 2 is 2.00 bits per heavy atom. The van der Waals surface area contributed by atoms with Gasteiger partial charge < -0.3 is 9.84 Å². The second kappa shape index (κ2) is 6.38. The molecule has 1 aromatic carbocycles. The summed E-state index contributed by atoms with van der Waals surface area (Å²) < 4.78 is 19.2. The molecule has 19 heavy (non-hydrogen) atoms. The maximum absolute atomic E-state index is 13.3. The lowest BCUT2D eigenvalue weighted by molar-refractivity contribution is 0.121. The molecule has 1 atom stereocenters. The van der Waals surface area contributed by atoms with Crippen molar-refractivity contribution in [3.05, 3.63) is 29.6 Å². The highest BCUT2D eigenvalue weighted by molar-refractivity contribution is 5.35. The Kier molecular flexibility index (Phi) is 4.81. The third-order valence-electron chi connectivity index (χ3n) is 4.09. The maximum atomic E-state index is 13.3. The zero-order valence-electron chi connectivity index (χ0n) is 11.7. The van der Waals surface area contributed by atoms with E-state index in [4.69, 9.17) is 4.74 Å². The van der Waals surface area contributed by atoms with Gasteiger partial charge in [-0.2, -0.15) is 0 Å². The SMILES string of the molecule is CCC1CCC(Oc2cc(F)ccc2C(C)O)CC1. The summed E-state index contributed by atoms with van der Waals surface area (Å²) in [5, 5.41) is 9.70. The van der Waals surface area contributed by atoms with Gasteiger partial charge in [0.25, 0.3) is 0 Å². The Morgan fingerprint density at radius 1 is 1.32 bits per heavy atom. The molecular weight excluding hydrogens is 243 g/mol. The number of aliphatic hydroxyl groups excluding tert-OH is 1. The Hall–Kier alpha value is -1.09. The molecule has 0 amide bonds. The topological polar surface area (TPSA) is 29.5 Å². The van der Waals surface area contributed by atoms with Crippen molar-refractivity contribution in [2.75, 3.05) is 0 Å². The molecule has 1 unspecified atom stereocenters. The number of aliphatic hydroxyl groups is 1. The lowest BCUT2D eigenvalue weighted by Gasteiger charge is -2.29. The molecule has 1 saturated carbocycles. The Labute approximate surface area is 114 Å². The standard InChI is InChI=1S/C16H23FO2/c1-3-12-4-7-14(8-5-12)19-16-10-13(17)6-9-15(16)11(2)18/h6,9-12,14,18H,3-5,7-8H2,1-2H3. The zero-order valence-corrected chi connectivity index (χ0v) is 11.7. The predicted octanol–water partition coefficient (Wildman–Crippen LogP) is 4.23. The molecule has 1 aliphatic rings. The Balaban J connectivity index is 2.04. The van der Waals surface area contributed by atoms with Gasteiger partial charge in [-0.15, -0.1) is 0 Å². The normalized spacial score (nSPS) is 25.1. The smallest absolute Gasteiger partial charge is 0.128 e. The first-order chi connectivity index (χ1) is 9.10. The van der Waals surface area contributed by atoms with Crippen LogP contribution in [0.1, 0.15) is 57.6 Å². The fraction of sp³-hybridized carbons (Fsp3) is 0.625. The summed E-state index contributed by atoms with van der Waals surface area (Å²) in [7, 11) is 0. The van der Waals surface area contributed by atoms with Crippen molar-refractivity contribution in [3.63, 3.8) is 0 Å². The Morgan fingerprint density at radius 3 is 2.58 bits per heavy atom. The van der Waals surface area contributed by atoms with Gasteiger partial charge in [0.1, 0.15) is 11.6 Å². The van der Waals surface area contributed by atoms with Crippen LogP contribution in [0.5, 0.6) is 5.75 Å². The highest BCUT2D eigenvalue weighted by atomic mass is 19.1. The summed E-state index contributed by atoms with van der Waals surface area (Å²) in [4.78, 5) is 0. The van der Waals surface area contributed by atoms with Crippen LogP contribution in [0.4, 0.5) is 4.39 Å². The van der Waals surface area contributed by atoms with E-state index in [1.807, 2.05) is 0 Å². The number of rotatable bonds is 4. The van der Waals surface area contributed by atoms with Crippen molar-refractivity contribution in [1.82, 2.24) is 0 Å². The van der Waals surface area contributed by atoms with E-state index < -0.39 is 6.10 Å². The van der Waals surface area contributed by atoms with Gasteiger partial charge in [0.05, 0.1) is 12.2 Å². The third-order valence-corrected chi connectivity index (χ3v) is 4.09. The van der Waals surface area contributed by atoms with Crippen LogP contribution in [0.25, 0.3) is 0 Å². The van der Waals surface area contributed by atoms with Crippen LogP contribution in [0.15, 0.2) is 18.2 Å². The molecule has 0 bridgehead atoms. The molecular formula is C16H23FO2. The van der Waals surface area contributed by atoms with E-state index in [0.29, 0.717) is 11.3 Å². The lowest BCUT2D eigenvalue weighted by atomic mass is 9.86. The van der Waals surface area contributed by atoms with E-state index in [0.717, 1.165) is 18.8 Å². The summed E-state index contributed by atoms with van der Waals surface area (Å²) >= 11 is 0. The summed E-state index contributed by atoms with van der Waals surface area (Å²) in [5.74, 6) is 0.986. The molecule has 0 saturated heterocycles. The van der Waals surface area contributed by atoms with E-state index in [-0.39, 0.29) is 11.9 Å². The average Bonchev–Trinajstić information content (AvgIpc) is 2.39. The van der Waals surface area contributed by atoms with E-state index in [9.17, 15) is 9.50 Å². The molecule has 0 radical (unpaired) electrons. The first kappa shape index (κ1) is 14.3. The van der Waals surface area contributed by atoms with Gasteiger partial charge in [0.15, 0.2) is 0 Å². The first-order valence-corrected chi connectivity index (χ1v) is 7.24. The van der Waals surface area contributed by atoms with E-state index in [2.05, 4.69) is 6.92 Å². The molecule has 1 aliphatic carbocycles. The number of hydrogen-bond donors (Lipinski definition) is 1. The molecule has 0 spiro atoms. The highest BCUT2D eigenvalue weighted by Crippen LogP contribution is 2.32. The average molecular weight is 266 g/mol. The molecule has 0 heterocycles. The minimum absolute atomic E-state index is 0.155. The molecule has 1 fully saturated rings. The fourth-order valence-electron chi connectivity index (χ4n) is 2.79. The number of benzene rings is 1. The van der Waals surface area contributed by atoms with E-state index in [1.54, 1.807) is 13.0 Å². The minimum atomic E-state index is -0.636. The van der Waals surface area contributed by atoms with Gasteiger partial charge in [0.2, 0.25) is 0 Å². The van der Waals surface area contributed by atoms with Crippen molar-refractivity contribution in [1.29, 1.82) is 0 Å². The maximum Gasteiger partial charge on any atom is 0.128 e. The van der Waals surface area contributed by atoms with Crippen LogP contribution >= 0.6 is 0 Å². The van der Waals surface area contributed by atoms with Gasteiger partial charge in [-0.05, 0) is 50.7 Å². The highest BCUT2D eigenvalue weighted by Gasteiger charge is 2.22. The van der Waals surface area contributed by atoms with E-state index in [1.165, 1.54) is 31.4 Å². The second-order valence-electron chi connectivity index (χ2n) is 5.53. The largest absolute Gasteiger partial charge is 0.490 e. The van der Waals surface area contributed by atoms with Crippen molar-refractivity contribution in [3.8, 4) is 5.75 Å². The molecule has 106 valence electrons. The molecule has 0 aromatic heterocycles. The fourth-order valence-corrected chi connectivity index (χ4v) is 2.79. The van der Waals surface area contributed by atoms with E-state index >= 15 is 0 Å². The second-order valence-corrected chi connectivity index (χ2v) is 5.53. The van der Waals surface area contributed by atoms with Crippen LogP contribution in [0, 0.1) is 11.7 Å².